The number of carbonyl (C=O) groups is 1. The number of alkyl halides is 2. The van der Waals surface area contributed by atoms with Gasteiger partial charge >= 0.3 is 6.61 Å². The second-order valence-corrected chi connectivity index (χ2v) is 7.28. The van der Waals surface area contributed by atoms with Gasteiger partial charge in [0.2, 0.25) is 5.91 Å². The van der Waals surface area contributed by atoms with E-state index in [0.29, 0.717) is 18.8 Å². The van der Waals surface area contributed by atoms with Crippen molar-refractivity contribution < 1.29 is 22.7 Å². The molecule has 1 aromatic heterocycles. The van der Waals surface area contributed by atoms with E-state index in [0.717, 1.165) is 28.5 Å². The average Bonchev–Trinajstić information content (AvgIpc) is 3.29. The third kappa shape index (κ3) is 4.34. The Bertz CT molecular complexity index is 1020. The van der Waals surface area contributed by atoms with Gasteiger partial charge in [-0.1, -0.05) is 24.3 Å². The summed E-state index contributed by atoms with van der Waals surface area (Å²) < 4.78 is 35.5. The molecule has 7 heteroatoms. The Morgan fingerprint density at radius 3 is 2.97 bits per heavy atom. The van der Waals surface area contributed by atoms with Gasteiger partial charge in [-0.05, 0) is 37.1 Å². The van der Waals surface area contributed by atoms with E-state index in [9.17, 15) is 13.6 Å². The van der Waals surface area contributed by atoms with E-state index in [1.165, 1.54) is 6.07 Å². The summed E-state index contributed by atoms with van der Waals surface area (Å²) in [5.41, 5.74) is 3.34. The van der Waals surface area contributed by atoms with E-state index < -0.39 is 6.61 Å². The number of nitrogens with zero attached hydrogens (tertiary/aromatic N) is 1. The molecule has 0 radical (unpaired) electrons. The summed E-state index contributed by atoms with van der Waals surface area (Å²) in [5.74, 6) is 0.0619. The summed E-state index contributed by atoms with van der Waals surface area (Å²) in [6, 6.07) is 12.6. The molecular formula is C22H22F2N2O3. The van der Waals surface area contributed by atoms with Crippen LogP contribution in [0, 0.1) is 6.92 Å². The second kappa shape index (κ2) is 8.11. The number of benzene rings is 2. The van der Waals surface area contributed by atoms with E-state index in [1.807, 2.05) is 30.0 Å². The summed E-state index contributed by atoms with van der Waals surface area (Å²) in [5, 5.41) is 3.98. The van der Waals surface area contributed by atoms with Crippen LogP contribution >= 0.6 is 0 Å². The lowest BCUT2D eigenvalue weighted by Gasteiger charge is -2.22. The first-order valence-corrected chi connectivity index (χ1v) is 9.54. The minimum atomic E-state index is -2.87. The molecule has 0 spiro atoms. The van der Waals surface area contributed by atoms with Crippen molar-refractivity contribution in [3.05, 3.63) is 59.9 Å². The number of hydrogen-bond acceptors (Lipinski definition) is 4. The molecule has 3 aromatic rings. The maximum atomic E-state index is 12.6. The fourth-order valence-corrected chi connectivity index (χ4v) is 3.79. The number of ether oxygens (including phenoxy) is 1. The molecule has 0 bridgehead atoms. The average molecular weight is 400 g/mol. The summed E-state index contributed by atoms with van der Waals surface area (Å²) in [6.45, 7) is 0.316. The normalized spacial score (nSPS) is 16.6. The Labute approximate surface area is 167 Å². The van der Waals surface area contributed by atoms with Crippen LogP contribution in [0.3, 0.4) is 0 Å². The van der Waals surface area contributed by atoms with Gasteiger partial charge in [0.15, 0.2) is 0 Å². The molecule has 1 atom stereocenters. The lowest BCUT2D eigenvalue weighted by Crippen LogP contribution is -2.38. The highest BCUT2D eigenvalue weighted by Gasteiger charge is 2.26. The van der Waals surface area contributed by atoms with Crippen LogP contribution in [0.4, 0.5) is 14.5 Å². The molecule has 1 fully saturated rings. The number of para-hydroxylation sites is 2. The van der Waals surface area contributed by atoms with Crippen molar-refractivity contribution in [1.82, 2.24) is 5.32 Å². The van der Waals surface area contributed by atoms with Crippen LogP contribution in [0.25, 0.3) is 11.0 Å². The molecule has 0 saturated carbocycles. The zero-order valence-corrected chi connectivity index (χ0v) is 16.0. The van der Waals surface area contributed by atoms with Crippen molar-refractivity contribution in [2.75, 3.05) is 18.0 Å². The zero-order valence-electron chi connectivity index (χ0n) is 16.0. The first-order chi connectivity index (χ1) is 14.0. The van der Waals surface area contributed by atoms with Gasteiger partial charge < -0.3 is 19.4 Å². The molecule has 1 N–H and O–H groups in total. The summed E-state index contributed by atoms with van der Waals surface area (Å²) in [7, 11) is 0. The number of nitrogens with one attached hydrogen (secondary N) is 1. The van der Waals surface area contributed by atoms with Crippen LogP contribution in [0.5, 0.6) is 5.75 Å². The van der Waals surface area contributed by atoms with Crippen LogP contribution in [-0.2, 0) is 11.2 Å². The molecule has 1 unspecified atom stereocenters. The van der Waals surface area contributed by atoms with Gasteiger partial charge in [-0.15, -0.1) is 0 Å². The van der Waals surface area contributed by atoms with Gasteiger partial charge in [-0.25, -0.2) is 0 Å². The molecule has 5 nitrogen and oxygen atoms in total. The fourth-order valence-electron chi connectivity index (χ4n) is 3.79. The predicted molar refractivity (Wildman–Crippen MR) is 106 cm³/mol. The third-order valence-corrected chi connectivity index (χ3v) is 5.14. The number of carbonyl (C=O) groups excluding carboxylic acids is 1. The molecule has 2 heterocycles. The molecule has 1 amide bonds. The quantitative estimate of drug-likeness (QED) is 0.671. The summed E-state index contributed by atoms with van der Waals surface area (Å²) in [6.07, 6.45) is 2.60. The highest BCUT2D eigenvalue weighted by Crippen LogP contribution is 2.32. The lowest BCUT2D eigenvalue weighted by atomic mass is 10.1. The van der Waals surface area contributed by atoms with Crippen molar-refractivity contribution in [2.24, 2.45) is 0 Å². The first kappa shape index (κ1) is 19.2. The van der Waals surface area contributed by atoms with Gasteiger partial charge in [-0.2, -0.15) is 8.78 Å². The Kier molecular flexibility index (Phi) is 5.38. The van der Waals surface area contributed by atoms with Crippen LogP contribution in [-0.4, -0.2) is 31.7 Å². The molecule has 29 heavy (non-hydrogen) atoms. The molecule has 0 aliphatic carbocycles. The van der Waals surface area contributed by atoms with Gasteiger partial charge in [0.25, 0.3) is 0 Å². The first-order valence-electron chi connectivity index (χ1n) is 9.54. The van der Waals surface area contributed by atoms with Crippen molar-refractivity contribution in [1.29, 1.82) is 0 Å². The molecule has 2 aromatic carbocycles. The Morgan fingerprint density at radius 2 is 2.14 bits per heavy atom. The number of halogens is 2. The number of furan rings is 1. The van der Waals surface area contributed by atoms with Crippen LogP contribution < -0.4 is 15.0 Å². The summed E-state index contributed by atoms with van der Waals surface area (Å²) in [4.78, 5) is 14.5. The fraction of sp³-hybridized carbons (Fsp3) is 0.318. The molecule has 4 rings (SSSR count). The molecule has 1 aliphatic rings. The zero-order chi connectivity index (χ0) is 20.4. The number of hydrogen-bond donors (Lipinski definition) is 1. The van der Waals surface area contributed by atoms with E-state index in [-0.39, 0.29) is 24.1 Å². The van der Waals surface area contributed by atoms with E-state index in [1.54, 1.807) is 24.5 Å². The topological polar surface area (TPSA) is 54.7 Å². The molecule has 152 valence electrons. The predicted octanol–water partition coefficient (Wildman–Crippen LogP) is 4.28. The van der Waals surface area contributed by atoms with Crippen molar-refractivity contribution in [3.8, 4) is 5.75 Å². The largest absolute Gasteiger partial charge is 0.464 e. The minimum Gasteiger partial charge on any atom is -0.464 e. The third-order valence-electron chi connectivity index (χ3n) is 5.14. The van der Waals surface area contributed by atoms with Crippen molar-refractivity contribution >= 4 is 22.6 Å². The molecule has 1 aliphatic heterocycles. The van der Waals surface area contributed by atoms with Gasteiger partial charge in [-0.3, -0.25) is 4.79 Å². The number of anilines is 1. The number of fused-ring (bicyclic) bond motifs is 1. The Hall–Kier alpha value is -3.09. The van der Waals surface area contributed by atoms with Crippen LogP contribution in [0.1, 0.15) is 17.5 Å². The smallest absolute Gasteiger partial charge is 0.387 e. The highest BCUT2D eigenvalue weighted by atomic mass is 19.3. The van der Waals surface area contributed by atoms with Crippen LogP contribution in [0.15, 0.2) is 53.1 Å². The van der Waals surface area contributed by atoms with Gasteiger partial charge in [0.05, 0.1) is 18.4 Å². The molecule has 1 saturated heterocycles. The number of aryl methyl sites for hydroxylation is 1. The monoisotopic (exact) mass is 400 g/mol. The summed E-state index contributed by atoms with van der Waals surface area (Å²) >= 11 is 0. The SMILES string of the molecule is Cc1ccc2c(CC(=O)NC3CCN(c4ccccc4OC(F)F)C3)coc2c1. The standard InChI is InChI=1S/C22H22F2N2O3/c1-14-6-7-17-15(13-28-20(17)10-14)11-21(27)25-16-8-9-26(12-16)18-4-2-3-5-19(18)29-22(23)24/h2-7,10,13,16,22H,8-9,11-12H2,1H3,(H,25,27). The molecular weight excluding hydrogens is 378 g/mol. The van der Waals surface area contributed by atoms with Crippen molar-refractivity contribution in [2.45, 2.75) is 32.4 Å². The number of rotatable bonds is 6. The lowest BCUT2D eigenvalue weighted by molar-refractivity contribution is -0.121. The minimum absolute atomic E-state index is 0.0532. The number of amides is 1. The maximum absolute atomic E-state index is 12.6. The van der Waals surface area contributed by atoms with Gasteiger partial charge in [0.1, 0.15) is 11.3 Å². The second-order valence-electron chi connectivity index (χ2n) is 7.28. The van der Waals surface area contributed by atoms with E-state index in [2.05, 4.69) is 10.1 Å². The van der Waals surface area contributed by atoms with Crippen LogP contribution in [0.2, 0.25) is 0 Å². The Morgan fingerprint density at radius 1 is 1.31 bits per heavy atom. The van der Waals surface area contributed by atoms with E-state index in [4.69, 9.17) is 4.42 Å². The van der Waals surface area contributed by atoms with Gasteiger partial charge in [0, 0.05) is 30.1 Å². The van der Waals surface area contributed by atoms with Crippen molar-refractivity contribution in [3.63, 3.8) is 0 Å². The maximum Gasteiger partial charge on any atom is 0.387 e. The Balaban J connectivity index is 1.38. The highest BCUT2D eigenvalue weighted by molar-refractivity contribution is 5.88. The van der Waals surface area contributed by atoms with E-state index >= 15 is 0 Å².